The van der Waals surface area contributed by atoms with Gasteiger partial charge in [-0.1, -0.05) is 60.2 Å². The molecule has 0 N–H and O–H groups in total. The third kappa shape index (κ3) is 5.58. The maximum atomic E-state index is 2.56. The van der Waals surface area contributed by atoms with Crippen LogP contribution >= 0.6 is 0 Å². The van der Waals surface area contributed by atoms with Crippen LogP contribution in [0, 0.1) is 6.92 Å². The van der Waals surface area contributed by atoms with E-state index < -0.39 is 0 Å². The van der Waals surface area contributed by atoms with Crippen molar-refractivity contribution in [3.05, 3.63) is 129 Å². The monoisotopic (exact) mass is 502 g/mol. The Morgan fingerprint density at radius 3 is 2.08 bits per heavy atom. The van der Waals surface area contributed by atoms with E-state index in [0.29, 0.717) is 0 Å². The fraction of sp³-hybridized carbons (Fsp3) is 0.286. The first-order valence-corrected chi connectivity index (χ1v) is 13.8. The van der Waals surface area contributed by atoms with Crippen molar-refractivity contribution in [2.75, 3.05) is 46.2 Å². The quantitative estimate of drug-likeness (QED) is 0.322. The molecule has 0 fully saturated rings. The molecule has 0 saturated carbocycles. The molecule has 0 aromatic heterocycles. The van der Waals surface area contributed by atoms with E-state index in [2.05, 4.69) is 140 Å². The van der Waals surface area contributed by atoms with Gasteiger partial charge in [-0.2, -0.15) is 4.58 Å². The average molecular weight is 503 g/mol. The predicted octanol–water partition coefficient (Wildman–Crippen LogP) is 5.18. The van der Waals surface area contributed by atoms with Crippen molar-refractivity contribution in [1.82, 2.24) is 9.48 Å². The molecule has 1 aliphatic heterocycles. The number of benzene rings is 4. The van der Waals surface area contributed by atoms with Crippen molar-refractivity contribution in [1.29, 1.82) is 0 Å². The van der Waals surface area contributed by atoms with E-state index in [9.17, 15) is 0 Å². The first-order valence-electron chi connectivity index (χ1n) is 13.8. The maximum absolute atomic E-state index is 2.56. The summed E-state index contributed by atoms with van der Waals surface area (Å²) < 4.78 is 2.56. The van der Waals surface area contributed by atoms with Crippen LogP contribution in [0.1, 0.15) is 34.2 Å². The third-order valence-electron chi connectivity index (χ3n) is 7.60. The van der Waals surface area contributed by atoms with Crippen molar-refractivity contribution in [3.63, 3.8) is 0 Å². The van der Waals surface area contributed by atoms with E-state index >= 15 is 0 Å². The molecule has 1 heterocycles. The summed E-state index contributed by atoms with van der Waals surface area (Å²) in [5, 5.41) is 2.63. The van der Waals surface area contributed by atoms with Crippen molar-refractivity contribution >= 4 is 16.9 Å². The van der Waals surface area contributed by atoms with Crippen LogP contribution in [0.15, 0.2) is 91.0 Å². The zero-order valence-electron chi connectivity index (χ0n) is 23.5. The molecule has 0 bridgehead atoms. The zero-order valence-corrected chi connectivity index (χ0v) is 23.5. The number of rotatable bonds is 7. The summed E-state index contributed by atoms with van der Waals surface area (Å²) in [7, 11) is 8.50. The molecule has 0 radical (unpaired) electrons. The van der Waals surface area contributed by atoms with Gasteiger partial charge in [0.25, 0.3) is 0 Å². The Bertz CT molecular complexity index is 1530. The molecule has 0 spiro atoms. The van der Waals surface area contributed by atoms with E-state index in [1.165, 1.54) is 55.3 Å². The van der Waals surface area contributed by atoms with Gasteiger partial charge in [-0.3, -0.25) is 0 Å². The minimum Gasteiger partial charge on any atom is -0.378 e. The molecule has 194 valence electrons. The molecule has 3 nitrogen and oxygen atoms in total. The fourth-order valence-corrected chi connectivity index (χ4v) is 5.52. The first kappa shape index (κ1) is 25.9. The molecular formula is C35H40N3+. The molecule has 3 heteroatoms. The maximum Gasteiger partial charge on any atom is 0.208 e. The van der Waals surface area contributed by atoms with Gasteiger partial charge in [-0.25, -0.2) is 0 Å². The lowest BCUT2D eigenvalue weighted by Crippen LogP contribution is -2.31. The number of para-hydroxylation sites is 1. The molecular weight excluding hydrogens is 462 g/mol. The third-order valence-corrected chi connectivity index (χ3v) is 7.60. The van der Waals surface area contributed by atoms with E-state index in [-0.39, 0.29) is 0 Å². The number of hydrogen-bond acceptors (Lipinski definition) is 2. The van der Waals surface area contributed by atoms with Crippen molar-refractivity contribution in [2.24, 2.45) is 0 Å². The molecule has 0 saturated heterocycles. The molecule has 4 aromatic rings. The van der Waals surface area contributed by atoms with Crippen LogP contribution in [-0.2, 0) is 12.8 Å². The van der Waals surface area contributed by atoms with Crippen LogP contribution in [0.4, 0.5) is 11.4 Å². The van der Waals surface area contributed by atoms with Crippen LogP contribution in [0.2, 0.25) is 0 Å². The van der Waals surface area contributed by atoms with Crippen LogP contribution in [-0.4, -0.2) is 46.2 Å². The molecule has 0 aliphatic carbocycles. The van der Waals surface area contributed by atoms with Crippen LogP contribution < -0.4 is 20.1 Å². The summed E-state index contributed by atoms with van der Waals surface area (Å²) in [6.45, 7) is 4.25. The van der Waals surface area contributed by atoms with Gasteiger partial charge >= 0.3 is 0 Å². The Balaban J connectivity index is 1.72. The summed E-state index contributed by atoms with van der Waals surface area (Å²) >= 11 is 0. The predicted molar refractivity (Wildman–Crippen MR) is 162 cm³/mol. The van der Waals surface area contributed by atoms with Gasteiger partial charge in [-0.05, 0) is 80.0 Å². The number of aryl methyl sites for hydroxylation is 3. The highest BCUT2D eigenvalue weighted by Crippen LogP contribution is 2.25. The van der Waals surface area contributed by atoms with E-state index in [0.717, 1.165) is 32.4 Å². The van der Waals surface area contributed by atoms with Gasteiger partial charge in [0.05, 0.1) is 0 Å². The van der Waals surface area contributed by atoms with Crippen molar-refractivity contribution < 1.29 is 0 Å². The molecule has 0 atom stereocenters. The SMILES string of the molecule is Cc1ccc(C(c2ccc(N(C)C)cc2)=c2ccc3c(c2)CCc2ccccc2[N+]=3CCCN(C)C)cc1. The number of nitrogens with zero attached hydrogens (tertiary/aromatic N) is 3. The zero-order chi connectivity index (χ0) is 26.6. The highest BCUT2D eigenvalue weighted by atomic mass is 15.1. The second kappa shape index (κ2) is 11.4. The fourth-order valence-electron chi connectivity index (χ4n) is 5.52. The molecule has 4 aromatic carbocycles. The summed E-state index contributed by atoms with van der Waals surface area (Å²) in [4.78, 5) is 4.43. The normalized spacial score (nSPS) is 13.6. The average Bonchev–Trinajstić information content (AvgIpc) is 3.07. The molecule has 38 heavy (non-hydrogen) atoms. The van der Waals surface area contributed by atoms with Gasteiger partial charge in [0, 0.05) is 56.0 Å². The summed E-state index contributed by atoms with van der Waals surface area (Å²) in [5.74, 6) is 0. The van der Waals surface area contributed by atoms with Crippen LogP contribution in [0.25, 0.3) is 5.57 Å². The molecule has 1 aliphatic rings. The topological polar surface area (TPSA) is 9.49 Å². The standard InChI is InChI=1S/C35H40N3/c1-26-11-13-28(14-12-26)35(29-17-20-32(21-18-29)37(4)5)31-19-22-34-30(25-31)16-15-27-9-6-7-10-33(27)38(34)24-8-23-36(2)3/h6-7,9-14,17-22,25H,8,15-16,23-24H2,1-5H3/q+1. The number of anilines is 1. The van der Waals surface area contributed by atoms with Crippen molar-refractivity contribution in [2.45, 2.75) is 26.2 Å². The van der Waals surface area contributed by atoms with Crippen LogP contribution in [0.5, 0.6) is 0 Å². The Kier molecular flexibility index (Phi) is 7.76. The Morgan fingerprint density at radius 2 is 1.39 bits per heavy atom. The van der Waals surface area contributed by atoms with Gasteiger partial charge in [0.2, 0.25) is 11.0 Å². The number of fused-ring (bicyclic) bond motifs is 2. The highest BCUT2D eigenvalue weighted by Gasteiger charge is 2.21. The second-order valence-electron chi connectivity index (χ2n) is 11.0. The van der Waals surface area contributed by atoms with Gasteiger partial charge in [0.1, 0.15) is 0 Å². The molecule has 0 unspecified atom stereocenters. The Hall–Kier alpha value is -3.69. The Labute approximate surface area is 228 Å². The first-order chi connectivity index (χ1) is 18.4. The van der Waals surface area contributed by atoms with Crippen molar-refractivity contribution in [3.8, 4) is 0 Å². The minimum atomic E-state index is 1.02. The smallest absolute Gasteiger partial charge is 0.208 e. The minimum absolute atomic E-state index is 1.02. The summed E-state index contributed by atoms with van der Waals surface area (Å²) in [5.41, 5.74) is 10.5. The second-order valence-corrected chi connectivity index (χ2v) is 11.0. The van der Waals surface area contributed by atoms with Gasteiger partial charge in [0.15, 0.2) is 6.54 Å². The van der Waals surface area contributed by atoms with E-state index in [1.807, 2.05) is 0 Å². The number of hydrogen-bond donors (Lipinski definition) is 0. The van der Waals surface area contributed by atoms with E-state index in [1.54, 1.807) is 0 Å². The van der Waals surface area contributed by atoms with Crippen LogP contribution in [0.3, 0.4) is 0 Å². The lowest BCUT2D eigenvalue weighted by Gasteiger charge is -2.15. The van der Waals surface area contributed by atoms with Gasteiger partial charge in [-0.15, -0.1) is 0 Å². The summed E-state index contributed by atoms with van der Waals surface area (Å²) in [6.07, 6.45) is 3.24. The lowest BCUT2D eigenvalue weighted by molar-refractivity contribution is 0.394. The highest BCUT2D eigenvalue weighted by molar-refractivity contribution is 5.80. The van der Waals surface area contributed by atoms with E-state index in [4.69, 9.17) is 0 Å². The lowest BCUT2D eigenvalue weighted by atomic mass is 9.93. The molecule has 0 amide bonds. The Morgan fingerprint density at radius 1 is 0.737 bits per heavy atom. The van der Waals surface area contributed by atoms with Gasteiger partial charge < -0.3 is 9.80 Å². The molecule has 5 rings (SSSR count). The largest absolute Gasteiger partial charge is 0.378 e. The summed E-state index contributed by atoms with van der Waals surface area (Å²) in [6, 6.07) is 34.0.